The molecule has 0 aliphatic heterocycles. The lowest BCUT2D eigenvalue weighted by molar-refractivity contribution is -0.139. The first-order valence-corrected chi connectivity index (χ1v) is 5.12. The summed E-state index contributed by atoms with van der Waals surface area (Å²) in [5.74, 6) is -1.19. The molecule has 0 aliphatic carbocycles. The third kappa shape index (κ3) is 7.79. The van der Waals surface area contributed by atoms with Crippen molar-refractivity contribution in [1.82, 2.24) is 0 Å². The highest BCUT2D eigenvalue weighted by molar-refractivity contribution is 5.85. The van der Waals surface area contributed by atoms with Gasteiger partial charge in [-0.2, -0.15) is 0 Å². The van der Waals surface area contributed by atoms with Crippen LogP contribution in [0.3, 0.4) is 0 Å². The van der Waals surface area contributed by atoms with E-state index in [2.05, 4.69) is 0 Å². The first-order chi connectivity index (χ1) is 7.43. The van der Waals surface area contributed by atoms with Crippen molar-refractivity contribution >= 4 is 11.9 Å². The second-order valence-electron chi connectivity index (χ2n) is 3.58. The number of allylic oxidation sites excluding steroid dienone is 2. The van der Waals surface area contributed by atoms with Crippen LogP contribution in [0, 0.1) is 0 Å². The van der Waals surface area contributed by atoms with Crippen molar-refractivity contribution in [3.63, 3.8) is 0 Å². The number of rotatable bonds is 6. The predicted octanol–water partition coefficient (Wildman–Crippen LogP) is 2.31. The number of hydrogen-bond acceptors (Lipinski definition) is 3. The maximum absolute atomic E-state index is 10.5. The minimum absolute atomic E-state index is 0.281. The summed E-state index contributed by atoms with van der Waals surface area (Å²) in [5, 5.41) is 8.61. The zero-order valence-electron chi connectivity index (χ0n) is 9.95. The molecular formula is C12H18O4. The number of hydrogen-bond donors (Lipinski definition) is 1. The smallest absolute Gasteiger partial charge is 0.330 e. The monoisotopic (exact) mass is 226 g/mol. The van der Waals surface area contributed by atoms with E-state index in [0.717, 1.165) is 12.0 Å². The van der Waals surface area contributed by atoms with E-state index in [0.29, 0.717) is 12.0 Å². The van der Waals surface area contributed by atoms with Gasteiger partial charge in [0.15, 0.2) is 0 Å². The van der Waals surface area contributed by atoms with Crippen molar-refractivity contribution in [2.24, 2.45) is 0 Å². The zero-order valence-corrected chi connectivity index (χ0v) is 9.95. The van der Waals surface area contributed by atoms with Gasteiger partial charge in [-0.05, 0) is 32.8 Å². The number of ether oxygens (including phenoxy) is 1. The Hall–Kier alpha value is -1.58. The van der Waals surface area contributed by atoms with Gasteiger partial charge in [0, 0.05) is 12.5 Å². The van der Waals surface area contributed by atoms with Crippen LogP contribution < -0.4 is 0 Å². The van der Waals surface area contributed by atoms with Crippen LogP contribution in [-0.4, -0.2) is 23.7 Å². The van der Waals surface area contributed by atoms with Gasteiger partial charge < -0.3 is 9.84 Å². The Bertz CT molecular complexity index is 313. The highest BCUT2D eigenvalue weighted by Crippen LogP contribution is 2.06. The van der Waals surface area contributed by atoms with Crippen LogP contribution in [0.5, 0.6) is 0 Å². The van der Waals surface area contributed by atoms with E-state index in [4.69, 9.17) is 9.84 Å². The number of carboxylic acid groups (broad SMARTS) is 1. The summed E-state index contributed by atoms with van der Waals surface area (Å²) >= 11 is 0. The average Bonchev–Trinajstić information content (AvgIpc) is 2.16. The molecule has 0 aliphatic rings. The largest absolute Gasteiger partial charge is 0.478 e. The van der Waals surface area contributed by atoms with E-state index in [1.54, 1.807) is 13.0 Å². The number of esters is 1. The first kappa shape index (κ1) is 14.4. The van der Waals surface area contributed by atoms with Gasteiger partial charge in [-0.25, -0.2) is 4.79 Å². The third-order valence-corrected chi connectivity index (χ3v) is 2.04. The minimum atomic E-state index is -0.887. The molecule has 0 heterocycles. The standard InChI is InChI=1S/C12H18O4/c1-9(7-8-16-11(3)13)5-4-6-10(2)12(14)15/h6-7H,4-5,8H2,1-3H3,(H,14,15)/b9-7+,10-6+. The summed E-state index contributed by atoms with van der Waals surface area (Å²) in [6, 6.07) is 0. The van der Waals surface area contributed by atoms with E-state index in [1.165, 1.54) is 6.92 Å². The molecule has 90 valence electrons. The van der Waals surface area contributed by atoms with E-state index in [1.807, 2.05) is 13.0 Å². The highest BCUT2D eigenvalue weighted by atomic mass is 16.5. The molecule has 0 saturated carbocycles. The fourth-order valence-corrected chi connectivity index (χ4v) is 1.01. The molecule has 4 heteroatoms. The maximum Gasteiger partial charge on any atom is 0.330 e. The number of carboxylic acids is 1. The van der Waals surface area contributed by atoms with Gasteiger partial charge in [0.2, 0.25) is 0 Å². The van der Waals surface area contributed by atoms with Crippen molar-refractivity contribution in [2.45, 2.75) is 33.6 Å². The molecule has 0 spiro atoms. The molecule has 1 N–H and O–H groups in total. The molecule has 4 nitrogen and oxygen atoms in total. The summed E-state index contributed by atoms with van der Waals surface area (Å²) in [4.78, 5) is 21.0. The van der Waals surface area contributed by atoms with E-state index in [-0.39, 0.29) is 12.6 Å². The Morgan fingerprint density at radius 3 is 2.31 bits per heavy atom. The van der Waals surface area contributed by atoms with Gasteiger partial charge in [0.25, 0.3) is 0 Å². The van der Waals surface area contributed by atoms with E-state index >= 15 is 0 Å². The van der Waals surface area contributed by atoms with Crippen LogP contribution in [0.25, 0.3) is 0 Å². The lowest BCUT2D eigenvalue weighted by Gasteiger charge is -2.00. The van der Waals surface area contributed by atoms with Crippen molar-refractivity contribution in [3.05, 3.63) is 23.3 Å². The molecule has 0 atom stereocenters. The maximum atomic E-state index is 10.5. The predicted molar refractivity (Wildman–Crippen MR) is 61.0 cm³/mol. The lowest BCUT2D eigenvalue weighted by atomic mass is 10.1. The summed E-state index contributed by atoms with van der Waals surface area (Å²) in [6.07, 6.45) is 4.96. The molecule has 0 amide bonds. The molecule has 0 fully saturated rings. The molecule has 0 rings (SSSR count). The van der Waals surface area contributed by atoms with Crippen molar-refractivity contribution in [1.29, 1.82) is 0 Å². The van der Waals surface area contributed by atoms with Crippen molar-refractivity contribution < 1.29 is 19.4 Å². The summed E-state index contributed by atoms with van der Waals surface area (Å²) in [5.41, 5.74) is 1.43. The normalized spacial score (nSPS) is 12.4. The highest BCUT2D eigenvalue weighted by Gasteiger charge is 1.98. The van der Waals surface area contributed by atoms with Gasteiger partial charge in [-0.3, -0.25) is 4.79 Å². The second kappa shape index (κ2) is 7.68. The molecule has 0 saturated heterocycles. The average molecular weight is 226 g/mol. The molecule has 0 unspecified atom stereocenters. The SMILES string of the molecule is CC(=O)OC/C=C(\C)CC/C=C(\C)C(=O)O. The van der Waals surface area contributed by atoms with E-state index < -0.39 is 5.97 Å². The summed E-state index contributed by atoms with van der Waals surface area (Å²) < 4.78 is 4.75. The molecule has 0 aromatic rings. The topological polar surface area (TPSA) is 63.6 Å². The summed E-state index contributed by atoms with van der Waals surface area (Å²) in [7, 11) is 0. The third-order valence-electron chi connectivity index (χ3n) is 2.04. The zero-order chi connectivity index (χ0) is 12.6. The quantitative estimate of drug-likeness (QED) is 0.429. The Labute approximate surface area is 95.6 Å². The van der Waals surface area contributed by atoms with Gasteiger partial charge in [0.1, 0.15) is 6.61 Å². The van der Waals surface area contributed by atoms with Crippen LogP contribution in [-0.2, 0) is 14.3 Å². The lowest BCUT2D eigenvalue weighted by Crippen LogP contribution is -1.98. The Morgan fingerprint density at radius 2 is 1.81 bits per heavy atom. The van der Waals surface area contributed by atoms with Crippen molar-refractivity contribution in [3.8, 4) is 0 Å². The van der Waals surface area contributed by atoms with Gasteiger partial charge in [-0.1, -0.05) is 11.6 Å². The molecule has 0 radical (unpaired) electrons. The van der Waals surface area contributed by atoms with Gasteiger partial charge >= 0.3 is 11.9 Å². The van der Waals surface area contributed by atoms with Crippen LogP contribution in [0.4, 0.5) is 0 Å². The number of aliphatic carboxylic acids is 1. The minimum Gasteiger partial charge on any atom is -0.478 e. The number of carbonyl (C=O) groups is 2. The fourth-order valence-electron chi connectivity index (χ4n) is 1.01. The van der Waals surface area contributed by atoms with Crippen molar-refractivity contribution in [2.75, 3.05) is 6.61 Å². The molecule has 0 aromatic heterocycles. The van der Waals surface area contributed by atoms with Gasteiger partial charge in [-0.15, -0.1) is 0 Å². The van der Waals surface area contributed by atoms with Gasteiger partial charge in [0.05, 0.1) is 0 Å². The van der Waals surface area contributed by atoms with Crippen LogP contribution in [0.1, 0.15) is 33.6 Å². The summed E-state index contributed by atoms with van der Waals surface area (Å²) in [6.45, 7) is 5.14. The van der Waals surface area contributed by atoms with Crippen LogP contribution in [0.15, 0.2) is 23.3 Å². The van der Waals surface area contributed by atoms with E-state index in [9.17, 15) is 9.59 Å². The molecular weight excluding hydrogens is 208 g/mol. The molecule has 16 heavy (non-hydrogen) atoms. The Kier molecular flexibility index (Phi) is 6.92. The van der Waals surface area contributed by atoms with Crippen LogP contribution in [0.2, 0.25) is 0 Å². The first-order valence-electron chi connectivity index (χ1n) is 5.12. The Balaban J connectivity index is 3.89. The second-order valence-corrected chi connectivity index (χ2v) is 3.58. The molecule has 0 aromatic carbocycles. The fraction of sp³-hybridized carbons (Fsp3) is 0.500. The Morgan fingerprint density at radius 1 is 1.19 bits per heavy atom. The number of carbonyl (C=O) groups excluding carboxylic acids is 1. The van der Waals surface area contributed by atoms with Crippen LogP contribution >= 0.6 is 0 Å². The molecule has 0 bridgehead atoms.